The molecule has 0 spiro atoms. The smallest absolute Gasteiger partial charge is 0.165 e. The molecule has 1 atom stereocenters. The SMILES string of the molecule is COc1cc(CN2CCC(c3ncc(C)[nH]3)C2)ccc1F. The summed E-state index contributed by atoms with van der Waals surface area (Å²) in [5, 5.41) is 0. The van der Waals surface area contributed by atoms with E-state index in [1.165, 1.54) is 13.2 Å². The molecule has 1 N–H and O–H groups in total. The average molecular weight is 289 g/mol. The van der Waals surface area contributed by atoms with Crippen molar-refractivity contribution in [1.82, 2.24) is 14.9 Å². The molecule has 1 saturated heterocycles. The van der Waals surface area contributed by atoms with Crippen LogP contribution in [0.5, 0.6) is 5.75 Å². The standard InChI is InChI=1S/C16H20FN3O/c1-11-8-18-16(19-11)13-5-6-20(10-13)9-12-3-4-14(17)15(7-12)21-2/h3-4,7-8,13H,5-6,9-10H2,1-2H3,(H,18,19). The number of nitrogens with one attached hydrogen (secondary N) is 1. The zero-order valence-electron chi connectivity index (χ0n) is 12.4. The highest BCUT2D eigenvalue weighted by molar-refractivity contribution is 5.30. The topological polar surface area (TPSA) is 41.1 Å². The zero-order valence-corrected chi connectivity index (χ0v) is 12.4. The van der Waals surface area contributed by atoms with E-state index in [9.17, 15) is 4.39 Å². The second kappa shape index (κ2) is 5.85. The quantitative estimate of drug-likeness (QED) is 0.941. The summed E-state index contributed by atoms with van der Waals surface area (Å²) in [5.41, 5.74) is 2.18. The molecule has 0 amide bonds. The summed E-state index contributed by atoms with van der Waals surface area (Å²) in [7, 11) is 1.49. The molecule has 0 aliphatic carbocycles. The lowest BCUT2D eigenvalue weighted by Crippen LogP contribution is -2.20. The maximum absolute atomic E-state index is 13.4. The minimum atomic E-state index is -0.313. The fourth-order valence-corrected chi connectivity index (χ4v) is 2.90. The third-order valence-electron chi connectivity index (χ3n) is 4.00. The van der Waals surface area contributed by atoms with Crippen molar-refractivity contribution in [3.8, 4) is 5.75 Å². The van der Waals surface area contributed by atoms with E-state index >= 15 is 0 Å². The molecule has 21 heavy (non-hydrogen) atoms. The van der Waals surface area contributed by atoms with E-state index in [1.807, 2.05) is 19.2 Å². The fourth-order valence-electron chi connectivity index (χ4n) is 2.90. The van der Waals surface area contributed by atoms with Crippen LogP contribution in [0.1, 0.15) is 29.4 Å². The third kappa shape index (κ3) is 3.08. The number of nitrogens with zero attached hydrogens (tertiary/aromatic N) is 2. The van der Waals surface area contributed by atoms with Crippen molar-refractivity contribution in [3.63, 3.8) is 0 Å². The molecule has 112 valence electrons. The van der Waals surface area contributed by atoms with Crippen molar-refractivity contribution >= 4 is 0 Å². The number of H-pyrrole nitrogens is 1. The van der Waals surface area contributed by atoms with Crippen molar-refractivity contribution in [1.29, 1.82) is 0 Å². The van der Waals surface area contributed by atoms with Crippen LogP contribution in [-0.2, 0) is 6.54 Å². The molecule has 2 heterocycles. The molecule has 0 bridgehead atoms. The highest BCUT2D eigenvalue weighted by Gasteiger charge is 2.25. The van der Waals surface area contributed by atoms with Crippen molar-refractivity contribution in [3.05, 3.63) is 47.3 Å². The molecule has 0 radical (unpaired) electrons. The lowest BCUT2D eigenvalue weighted by molar-refractivity contribution is 0.324. The largest absolute Gasteiger partial charge is 0.494 e. The van der Waals surface area contributed by atoms with Crippen LogP contribution in [0.3, 0.4) is 0 Å². The number of likely N-dealkylation sites (tertiary alicyclic amines) is 1. The number of methoxy groups -OCH3 is 1. The highest BCUT2D eigenvalue weighted by atomic mass is 19.1. The number of aryl methyl sites for hydroxylation is 1. The summed E-state index contributed by atoms with van der Waals surface area (Å²) in [6, 6.07) is 5.07. The Morgan fingerprint density at radius 3 is 3.05 bits per heavy atom. The molecule has 4 nitrogen and oxygen atoms in total. The first kappa shape index (κ1) is 14.1. The molecule has 1 aromatic carbocycles. The van der Waals surface area contributed by atoms with Gasteiger partial charge in [0.2, 0.25) is 0 Å². The molecule has 1 unspecified atom stereocenters. The van der Waals surface area contributed by atoms with Gasteiger partial charge in [0, 0.05) is 30.9 Å². The predicted octanol–water partition coefficient (Wildman–Crippen LogP) is 2.86. The normalized spacial score (nSPS) is 19.1. The molecule has 1 aliphatic rings. The van der Waals surface area contributed by atoms with E-state index < -0.39 is 0 Å². The Labute approximate surface area is 124 Å². The van der Waals surface area contributed by atoms with Gasteiger partial charge in [0.25, 0.3) is 0 Å². The fraction of sp³-hybridized carbons (Fsp3) is 0.438. The summed E-state index contributed by atoms with van der Waals surface area (Å²) in [6.07, 6.45) is 2.98. The third-order valence-corrected chi connectivity index (χ3v) is 4.00. The lowest BCUT2D eigenvalue weighted by Gasteiger charge is -2.16. The van der Waals surface area contributed by atoms with Crippen LogP contribution in [-0.4, -0.2) is 35.1 Å². The summed E-state index contributed by atoms with van der Waals surface area (Å²) in [6.45, 7) is 4.84. The van der Waals surface area contributed by atoms with Crippen molar-refractivity contribution < 1.29 is 9.13 Å². The Morgan fingerprint density at radius 2 is 2.33 bits per heavy atom. The average Bonchev–Trinajstić information content (AvgIpc) is 3.10. The number of benzene rings is 1. The summed E-state index contributed by atoms with van der Waals surface area (Å²) in [4.78, 5) is 10.1. The first-order valence-corrected chi connectivity index (χ1v) is 7.22. The van der Waals surface area contributed by atoms with Crippen LogP contribution < -0.4 is 4.74 Å². The number of ether oxygens (including phenoxy) is 1. The molecule has 1 fully saturated rings. The molecule has 3 rings (SSSR count). The predicted molar refractivity (Wildman–Crippen MR) is 78.9 cm³/mol. The number of imidazole rings is 1. The van der Waals surface area contributed by atoms with E-state index in [4.69, 9.17) is 4.74 Å². The van der Waals surface area contributed by atoms with Crippen molar-refractivity contribution in [2.75, 3.05) is 20.2 Å². The Hall–Kier alpha value is -1.88. The highest BCUT2D eigenvalue weighted by Crippen LogP contribution is 2.27. The van der Waals surface area contributed by atoms with Gasteiger partial charge in [-0.2, -0.15) is 0 Å². The van der Waals surface area contributed by atoms with E-state index in [1.54, 1.807) is 6.07 Å². The minimum Gasteiger partial charge on any atom is -0.494 e. The van der Waals surface area contributed by atoms with Gasteiger partial charge < -0.3 is 9.72 Å². The molecule has 1 aromatic heterocycles. The monoisotopic (exact) mass is 289 g/mol. The second-order valence-corrected chi connectivity index (χ2v) is 5.64. The maximum Gasteiger partial charge on any atom is 0.165 e. The van der Waals surface area contributed by atoms with Gasteiger partial charge in [-0.3, -0.25) is 4.90 Å². The van der Waals surface area contributed by atoms with E-state index in [2.05, 4.69) is 14.9 Å². The van der Waals surface area contributed by atoms with Gasteiger partial charge in [0.05, 0.1) is 7.11 Å². The number of aromatic amines is 1. The maximum atomic E-state index is 13.4. The summed E-state index contributed by atoms with van der Waals surface area (Å²) >= 11 is 0. The van der Waals surface area contributed by atoms with Crippen LogP contribution in [0.25, 0.3) is 0 Å². The summed E-state index contributed by atoms with van der Waals surface area (Å²) < 4.78 is 18.5. The van der Waals surface area contributed by atoms with Gasteiger partial charge in [-0.15, -0.1) is 0 Å². The van der Waals surface area contributed by atoms with Gasteiger partial charge in [0.1, 0.15) is 5.82 Å². The van der Waals surface area contributed by atoms with Gasteiger partial charge >= 0.3 is 0 Å². The molecule has 1 aliphatic heterocycles. The van der Waals surface area contributed by atoms with Gasteiger partial charge in [-0.1, -0.05) is 6.07 Å². The van der Waals surface area contributed by atoms with Crippen molar-refractivity contribution in [2.45, 2.75) is 25.8 Å². The van der Waals surface area contributed by atoms with E-state index in [0.717, 1.165) is 43.1 Å². The Bertz CT molecular complexity index is 626. The number of aromatic nitrogens is 2. The number of hydrogen-bond acceptors (Lipinski definition) is 3. The van der Waals surface area contributed by atoms with Gasteiger partial charge in [-0.05, 0) is 37.6 Å². The van der Waals surface area contributed by atoms with Gasteiger partial charge in [0.15, 0.2) is 11.6 Å². The first-order chi connectivity index (χ1) is 10.2. The Balaban J connectivity index is 1.64. The zero-order chi connectivity index (χ0) is 14.8. The van der Waals surface area contributed by atoms with Crippen LogP contribution in [0.15, 0.2) is 24.4 Å². The van der Waals surface area contributed by atoms with E-state index in [-0.39, 0.29) is 5.82 Å². The van der Waals surface area contributed by atoms with Crippen LogP contribution in [0.4, 0.5) is 4.39 Å². The molecular weight excluding hydrogens is 269 g/mol. The van der Waals surface area contributed by atoms with Crippen LogP contribution in [0, 0.1) is 12.7 Å². The van der Waals surface area contributed by atoms with Crippen LogP contribution in [0.2, 0.25) is 0 Å². The minimum absolute atomic E-state index is 0.310. The van der Waals surface area contributed by atoms with Gasteiger partial charge in [-0.25, -0.2) is 9.37 Å². The number of rotatable bonds is 4. The molecule has 2 aromatic rings. The molecular formula is C16H20FN3O. The lowest BCUT2D eigenvalue weighted by atomic mass is 10.1. The number of halogens is 1. The van der Waals surface area contributed by atoms with Crippen molar-refractivity contribution in [2.24, 2.45) is 0 Å². The second-order valence-electron chi connectivity index (χ2n) is 5.64. The number of hydrogen-bond donors (Lipinski definition) is 1. The Kier molecular flexibility index (Phi) is 3.92. The van der Waals surface area contributed by atoms with E-state index in [0.29, 0.717) is 11.7 Å². The molecule has 5 heteroatoms. The van der Waals surface area contributed by atoms with Crippen LogP contribution >= 0.6 is 0 Å². The first-order valence-electron chi connectivity index (χ1n) is 7.22. The summed E-state index contributed by atoms with van der Waals surface area (Å²) in [5.74, 6) is 1.53. The molecule has 0 saturated carbocycles. The Morgan fingerprint density at radius 1 is 1.48 bits per heavy atom.